The van der Waals surface area contributed by atoms with Crippen molar-refractivity contribution in [2.45, 2.75) is 57.4 Å². The number of hydrogen-bond donors (Lipinski definition) is 2. The summed E-state index contributed by atoms with van der Waals surface area (Å²) in [6.07, 6.45) is 9.61. The molecule has 1 amide bonds. The average Bonchev–Trinajstić information content (AvgIpc) is 3.33. The molecule has 0 bridgehead atoms. The number of hydrogen-bond acceptors (Lipinski definition) is 3. The van der Waals surface area contributed by atoms with Crippen molar-refractivity contribution in [2.24, 2.45) is 10.9 Å². The molecule has 3 aliphatic rings. The molecule has 1 atom stereocenters. The zero-order chi connectivity index (χ0) is 17.5. The van der Waals surface area contributed by atoms with Crippen molar-refractivity contribution in [1.29, 1.82) is 0 Å². The molecule has 0 aromatic carbocycles. The Hall–Kier alpha value is -1.30. The molecule has 142 valence electrons. The van der Waals surface area contributed by atoms with Crippen LogP contribution in [-0.4, -0.2) is 74.0 Å². The predicted molar refractivity (Wildman–Crippen MR) is 102 cm³/mol. The molecule has 1 aliphatic carbocycles. The number of nitrogens with zero attached hydrogens (tertiary/aromatic N) is 3. The summed E-state index contributed by atoms with van der Waals surface area (Å²) in [6.45, 7) is 6.18. The molecular weight excluding hydrogens is 314 g/mol. The van der Waals surface area contributed by atoms with E-state index in [9.17, 15) is 4.79 Å². The van der Waals surface area contributed by atoms with Crippen LogP contribution < -0.4 is 10.6 Å². The lowest BCUT2D eigenvalue weighted by Gasteiger charge is -2.26. The van der Waals surface area contributed by atoms with E-state index in [4.69, 9.17) is 0 Å². The van der Waals surface area contributed by atoms with E-state index in [-0.39, 0.29) is 5.92 Å². The lowest BCUT2D eigenvalue weighted by molar-refractivity contribution is -0.135. The largest absolute Gasteiger partial charge is 0.355 e. The zero-order valence-electron chi connectivity index (χ0n) is 15.8. The quantitative estimate of drug-likeness (QED) is 0.582. The summed E-state index contributed by atoms with van der Waals surface area (Å²) in [6, 6.07) is 0.325. The molecule has 1 unspecified atom stereocenters. The second-order valence-electron chi connectivity index (χ2n) is 7.80. The number of nitrogens with one attached hydrogen (secondary N) is 2. The Balaban J connectivity index is 1.37. The van der Waals surface area contributed by atoms with Crippen molar-refractivity contribution in [3.05, 3.63) is 0 Å². The summed E-state index contributed by atoms with van der Waals surface area (Å²) in [5.74, 6) is 1.54. The van der Waals surface area contributed by atoms with Crippen LogP contribution in [0.15, 0.2) is 4.99 Å². The molecule has 2 heterocycles. The van der Waals surface area contributed by atoms with Crippen molar-refractivity contribution in [2.75, 3.05) is 46.3 Å². The highest BCUT2D eigenvalue weighted by molar-refractivity contribution is 5.81. The van der Waals surface area contributed by atoms with E-state index in [0.717, 1.165) is 51.4 Å². The Kier molecular flexibility index (Phi) is 6.96. The van der Waals surface area contributed by atoms with Gasteiger partial charge in [-0.1, -0.05) is 19.3 Å². The van der Waals surface area contributed by atoms with Gasteiger partial charge in [0.25, 0.3) is 0 Å². The minimum Gasteiger partial charge on any atom is -0.355 e. The summed E-state index contributed by atoms with van der Waals surface area (Å²) in [4.78, 5) is 21.6. The third-order valence-electron chi connectivity index (χ3n) is 5.94. The number of carbonyl (C=O) groups is 1. The van der Waals surface area contributed by atoms with Crippen molar-refractivity contribution in [1.82, 2.24) is 20.4 Å². The minimum absolute atomic E-state index is 0.283. The van der Waals surface area contributed by atoms with Gasteiger partial charge in [0, 0.05) is 45.2 Å². The number of likely N-dealkylation sites (tertiary alicyclic amines) is 2. The van der Waals surface area contributed by atoms with Crippen LogP contribution >= 0.6 is 0 Å². The first kappa shape index (κ1) is 18.5. The molecule has 2 aliphatic heterocycles. The lowest BCUT2D eigenvalue weighted by Crippen LogP contribution is -2.47. The van der Waals surface area contributed by atoms with E-state index in [1.54, 1.807) is 0 Å². The summed E-state index contributed by atoms with van der Waals surface area (Å²) in [5, 5.41) is 6.93. The van der Waals surface area contributed by atoms with Gasteiger partial charge >= 0.3 is 0 Å². The van der Waals surface area contributed by atoms with Crippen LogP contribution in [0.3, 0.4) is 0 Å². The van der Waals surface area contributed by atoms with Crippen LogP contribution in [0.5, 0.6) is 0 Å². The van der Waals surface area contributed by atoms with Gasteiger partial charge in [-0.2, -0.15) is 0 Å². The molecule has 0 aromatic rings. The molecule has 25 heavy (non-hydrogen) atoms. The molecule has 2 N–H and O–H groups in total. The smallest absolute Gasteiger partial charge is 0.225 e. The van der Waals surface area contributed by atoms with Crippen LogP contribution in [0.2, 0.25) is 0 Å². The first-order valence-corrected chi connectivity index (χ1v) is 10.2. The lowest BCUT2D eigenvalue weighted by atomic mass is 9.88. The van der Waals surface area contributed by atoms with Crippen molar-refractivity contribution in [3.63, 3.8) is 0 Å². The maximum Gasteiger partial charge on any atom is 0.225 e. The van der Waals surface area contributed by atoms with Gasteiger partial charge in [-0.25, -0.2) is 0 Å². The highest BCUT2D eigenvalue weighted by Gasteiger charge is 2.31. The third-order valence-corrected chi connectivity index (χ3v) is 5.94. The Bertz CT molecular complexity index is 455. The molecule has 3 rings (SSSR count). The SMILES string of the molecule is CN=C(NCCN1CCCC1)NC1CCN(C(=O)C2CCCCC2)C1. The molecule has 6 heteroatoms. The summed E-state index contributed by atoms with van der Waals surface area (Å²) >= 11 is 0. The Morgan fingerprint density at radius 3 is 2.52 bits per heavy atom. The fourth-order valence-electron chi connectivity index (χ4n) is 4.41. The maximum absolute atomic E-state index is 12.7. The second kappa shape index (κ2) is 9.41. The first-order chi connectivity index (χ1) is 12.3. The molecule has 0 aromatic heterocycles. The van der Waals surface area contributed by atoms with Crippen molar-refractivity contribution in [3.8, 4) is 0 Å². The van der Waals surface area contributed by atoms with Crippen LogP contribution in [0.1, 0.15) is 51.4 Å². The average molecular weight is 350 g/mol. The van der Waals surface area contributed by atoms with Gasteiger partial charge in [0.15, 0.2) is 5.96 Å². The molecule has 0 spiro atoms. The summed E-state index contributed by atoms with van der Waals surface area (Å²) in [7, 11) is 1.82. The van der Waals surface area contributed by atoms with E-state index in [1.807, 2.05) is 7.05 Å². The maximum atomic E-state index is 12.7. The standard InChI is InChI=1S/C19H35N5O/c1-20-19(21-10-14-23-11-5-6-12-23)22-17-9-13-24(15-17)18(25)16-7-3-2-4-8-16/h16-17H,2-15H2,1H3,(H2,20,21,22). The first-order valence-electron chi connectivity index (χ1n) is 10.2. The van der Waals surface area contributed by atoms with Crippen molar-refractivity contribution >= 4 is 11.9 Å². The molecular formula is C19H35N5O. The van der Waals surface area contributed by atoms with Gasteiger partial charge in [0.2, 0.25) is 5.91 Å². The van der Waals surface area contributed by atoms with Gasteiger partial charge in [0.05, 0.1) is 0 Å². The van der Waals surface area contributed by atoms with Gasteiger partial charge in [-0.05, 0) is 45.2 Å². The molecule has 0 radical (unpaired) electrons. The summed E-state index contributed by atoms with van der Waals surface area (Å²) in [5.41, 5.74) is 0. The van der Waals surface area contributed by atoms with E-state index in [1.165, 1.54) is 45.2 Å². The third kappa shape index (κ3) is 5.33. The Morgan fingerprint density at radius 2 is 1.80 bits per heavy atom. The van der Waals surface area contributed by atoms with Gasteiger partial charge < -0.3 is 20.4 Å². The summed E-state index contributed by atoms with van der Waals surface area (Å²) < 4.78 is 0. The van der Waals surface area contributed by atoms with Gasteiger partial charge in [0.1, 0.15) is 0 Å². The zero-order valence-corrected chi connectivity index (χ0v) is 15.8. The fourth-order valence-corrected chi connectivity index (χ4v) is 4.41. The fraction of sp³-hybridized carbons (Fsp3) is 0.895. The highest BCUT2D eigenvalue weighted by Crippen LogP contribution is 2.26. The van der Waals surface area contributed by atoms with E-state index < -0.39 is 0 Å². The van der Waals surface area contributed by atoms with Crippen LogP contribution in [-0.2, 0) is 4.79 Å². The van der Waals surface area contributed by atoms with Crippen LogP contribution in [0, 0.1) is 5.92 Å². The van der Waals surface area contributed by atoms with E-state index in [0.29, 0.717) is 11.9 Å². The van der Waals surface area contributed by atoms with Gasteiger partial charge in [-0.15, -0.1) is 0 Å². The minimum atomic E-state index is 0.283. The monoisotopic (exact) mass is 349 g/mol. The Labute approximate surface area is 152 Å². The number of aliphatic imine (C=N–C) groups is 1. The predicted octanol–water partition coefficient (Wildman–Crippen LogP) is 1.43. The number of rotatable bonds is 5. The molecule has 1 saturated carbocycles. The van der Waals surface area contributed by atoms with Gasteiger partial charge in [-0.3, -0.25) is 9.79 Å². The topological polar surface area (TPSA) is 60.0 Å². The number of carbonyl (C=O) groups excluding carboxylic acids is 1. The normalized spacial score (nSPS) is 26.2. The van der Waals surface area contributed by atoms with E-state index in [2.05, 4.69) is 25.4 Å². The molecule has 2 saturated heterocycles. The van der Waals surface area contributed by atoms with E-state index >= 15 is 0 Å². The highest BCUT2D eigenvalue weighted by atomic mass is 16.2. The Morgan fingerprint density at radius 1 is 1.04 bits per heavy atom. The molecule has 6 nitrogen and oxygen atoms in total. The number of amides is 1. The molecule has 3 fully saturated rings. The van der Waals surface area contributed by atoms with Crippen LogP contribution in [0.4, 0.5) is 0 Å². The van der Waals surface area contributed by atoms with Crippen LogP contribution in [0.25, 0.3) is 0 Å². The second-order valence-corrected chi connectivity index (χ2v) is 7.80. The van der Waals surface area contributed by atoms with Crippen molar-refractivity contribution < 1.29 is 4.79 Å². The number of guanidine groups is 1.